The van der Waals surface area contributed by atoms with Crippen LogP contribution in [0.15, 0.2) is 42.5 Å². The first-order valence-corrected chi connectivity index (χ1v) is 6.89. The number of nitrogens with one attached hydrogen (secondary N) is 1. The zero-order chi connectivity index (χ0) is 13.8. The quantitative estimate of drug-likeness (QED) is 0.837. The standard InChI is InChI=1S/C15H14INO2/c1-10-6-7-14(19-2)13(8-10)15(18)17-12-5-3-4-11(16)9-12/h3-9H,1-2H3,(H,17,18). The molecule has 3 nitrogen and oxygen atoms in total. The second-order valence-electron chi connectivity index (χ2n) is 4.17. The van der Waals surface area contributed by atoms with E-state index in [4.69, 9.17) is 4.74 Å². The van der Waals surface area contributed by atoms with E-state index in [1.807, 2.05) is 43.3 Å². The average molecular weight is 367 g/mol. The summed E-state index contributed by atoms with van der Waals surface area (Å²) in [4.78, 5) is 12.3. The molecule has 0 aliphatic heterocycles. The van der Waals surface area contributed by atoms with E-state index in [2.05, 4.69) is 27.9 Å². The number of hydrogen-bond donors (Lipinski definition) is 1. The SMILES string of the molecule is COc1ccc(C)cc1C(=O)Nc1cccc(I)c1. The summed E-state index contributed by atoms with van der Waals surface area (Å²) in [6, 6.07) is 13.2. The second kappa shape index (κ2) is 6.06. The lowest BCUT2D eigenvalue weighted by Gasteiger charge is -2.10. The predicted molar refractivity (Wildman–Crippen MR) is 84.8 cm³/mol. The first-order valence-electron chi connectivity index (χ1n) is 5.81. The van der Waals surface area contributed by atoms with E-state index >= 15 is 0 Å². The first-order chi connectivity index (χ1) is 9.10. The van der Waals surface area contributed by atoms with Gasteiger partial charge in [0.2, 0.25) is 0 Å². The van der Waals surface area contributed by atoms with Crippen molar-refractivity contribution in [3.05, 3.63) is 57.2 Å². The Bertz CT molecular complexity index is 611. The molecule has 0 saturated heterocycles. The van der Waals surface area contributed by atoms with Crippen LogP contribution < -0.4 is 10.1 Å². The van der Waals surface area contributed by atoms with Gasteiger partial charge in [0.15, 0.2) is 0 Å². The number of carbonyl (C=O) groups excluding carboxylic acids is 1. The number of methoxy groups -OCH3 is 1. The molecule has 0 bridgehead atoms. The van der Waals surface area contributed by atoms with Crippen molar-refractivity contribution >= 4 is 34.2 Å². The van der Waals surface area contributed by atoms with Crippen LogP contribution in [0.1, 0.15) is 15.9 Å². The van der Waals surface area contributed by atoms with Crippen LogP contribution in [0.3, 0.4) is 0 Å². The summed E-state index contributed by atoms with van der Waals surface area (Å²) in [5.41, 5.74) is 2.34. The summed E-state index contributed by atoms with van der Waals surface area (Å²) in [6.07, 6.45) is 0. The molecule has 1 N–H and O–H groups in total. The Labute approximate surface area is 126 Å². The van der Waals surface area contributed by atoms with Crippen molar-refractivity contribution in [3.8, 4) is 5.75 Å². The number of anilines is 1. The van der Waals surface area contributed by atoms with Crippen molar-refractivity contribution in [1.29, 1.82) is 0 Å². The molecule has 2 aromatic carbocycles. The Morgan fingerprint density at radius 1 is 1.21 bits per heavy atom. The molecule has 0 saturated carbocycles. The van der Waals surface area contributed by atoms with Gasteiger partial charge in [-0.2, -0.15) is 0 Å². The molecule has 0 aliphatic carbocycles. The summed E-state index contributed by atoms with van der Waals surface area (Å²) < 4.78 is 6.30. The molecule has 0 radical (unpaired) electrons. The van der Waals surface area contributed by atoms with Crippen molar-refractivity contribution in [2.24, 2.45) is 0 Å². The maximum atomic E-state index is 12.3. The molecule has 0 atom stereocenters. The third-order valence-electron chi connectivity index (χ3n) is 2.68. The average Bonchev–Trinajstić information content (AvgIpc) is 2.38. The van der Waals surface area contributed by atoms with Gasteiger partial charge in [0.1, 0.15) is 5.75 Å². The number of rotatable bonds is 3. The number of hydrogen-bond acceptors (Lipinski definition) is 2. The van der Waals surface area contributed by atoms with Crippen LogP contribution in [0.2, 0.25) is 0 Å². The maximum Gasteiger partial charge on any atom is 0.259 e. The van der Waals surface area contributed by atoms with Crippen molar-refractivity contribution in [3.63, 3.8) is 0 Å². The number of carbonyl (C=O) groups is 1. The van der Waals surface area contributed by atoms with Gasteiger partial charge in [0, 0.05) is 9.26 Å². The van der Waals surface area contributed by atoms with Crippen LogP contribution in [0.4, 0.5) is 5.69 Å². The van der Waals surface area contributed by atoms with Gasteiger partial charge in [0.25, 0.3) is 5.91 Å². The molecule has 0 unspecified atom stereocenters. The summed E-state index contributed by atoms with van der Waals surface area (Å²) in [5, 5.41) is 2.88. The molecule has 0 aliphatic rings. The highest BCUT2D eigenvalue weighted by atomic mass is 127. The van der Waals surface area contributed by atoms with Gasteiger partial charge in [-0.3, -0.25) is 4.79 Å². The number of ether oxygens (including phenoxy) is 1. The fraction of sp³-hybridized carbons (Fsp3) is 0.133. The van der Waals surface area contributed by atoms with Crippen LogP contribution in [-0.2, 0) is 0 Å². The topological polar surface area (TPSA) is 38.3 Å². The lowest BCUT2D eigenvalue weighted by atomic mass is 10.1. The largest absolute Gasteiger partial charge is 0.496 e. The van der Waals surface area contributed by atoms with Crippen molar-refractivity contribution in [2.75, 3.05) is 12.4 Å². The highest BCUT2D eigenvalue weighted by molar-refractivity contribution is 14.1. The number of benzene rings is 2. The summed E-state index contributed by atoms with van der Waals surface area (Å²) in [7, 11) is 1.56. The lowest BCUT2D eigenvalue weighted by Crippen LogP contribution is -2.13. The molecule has 19 heavy (non-hydrogen) atoms. The summed E-state index contributed by atoms with van der Waals surface area (Å²) in [6.45, 7) is 1.95. The van der Waals surface area contributed by atoms with Gasteiger partial charge < -0.3 is 10.1 Å². The van der Waals surface area contributed by atoms with E-state index in [1.54, 1.807) is 13.2 Å². The minimum atomic E-state index is -0.164. The number of halogens is 1. The Balaban J connectivity index is 2.27. The highest BCUT2D eigenvalue weighted by Gasteiger charge is 2.12. The summed E-state index contributed by atoms with van der Waals surface area (Å²) >= 11 is 2.21. The van der Waals surface area contributed by atoms with E-state index in [-0.39, 0.29) is 5.91 Å². The van der Waals surface area contributed by atoms with Gasteiger partial charge in [-0.1, -0.05) is 17.7 Å². The molecule has 0 heterocycles. The third kappa shape index (κ3) is 3.47. The zero-order valence-electron chi connectivity index (χ0n) is 10.7. The Morgan fingerprint density at radius 2 is 2.00 bits per heavy atom. The van der Waals surface area contributed by atoms with Gasteiger partial charge in [-0.25, -0.2) is 0 Å². The first kappa shape index (κ1) is 13.9. The highest BCUT2D eigenvalue weighted by Crippen LogP contribution is 2.21. The van der Waals surface area contributed by atoms with E-state index in [9.17, 15) is 4.79 Å². The molecular weight excluding hydrogens is 353 g/mol. The van der Waals surface area contributed by atoms with Crippen LogP contribution in [0.5, 0.6) is 5.75 Å². The molecule has 4 heteroatoms. The van der Waals surface area contributed by atoms with Gasteiger partial charge in [-0.15, -0.1) is 0 Å². The Kier molecular flexibility index (Phi) is 4.42. The van der Waals surface area contributed by atoms with Gasteiger partial charge in [0.05, 0.1) is 12.7 Å². The van der Waals surface area contributed by atoms with E-state index < -0.39 is 0 Å². The van der Waals surface area contributed by atoms with Crippen LogP contribution >= 0.6 is 22.6 Å². The normalized spacial score (nSPS) is 10.1. The fourth-order valence-corrected chi connectivity index (χ4v) is 2.31. The van der Waals surface area contributed by atoms with Crippen molar-refractivity contribution in [2.45, 2.75) is 6.92 Å². The molecule has 2 aromatic rings. The molecule has 0 spiro atoms. The molecule has 2 rings (SSSR count). The van der Waals surface area contributed by atoms with E-state index in [0.29, 0.717) is 11.3 Å². The van der Waals surface area contributed by atoms with E-state index in [1.165, 1.54) is 0 Å². The second-order valence-corrected chi connectivity index (χ2v) is 5.41. The molecular formula is C15H14INO2. The van der Waals surface area contributed by atoms with Gasteiger partial charge in [-0.05, 0) is 59.8 Å². The summed E-state index contributed by atoms with van der Waals surface area (Å²) in [5.74, 6) is 0.413. The Hall–Kier alpha value is -1.56. The number of aryl methyl sites for hydroxylation is 1. The van der Waals surface area contributed by atoms with Gasteiger partial charge >= 0.3 is 0 Å². The minimum Gasteiger partial charge on any atom is -0.496 e. The van der Waals surface area contributed by atoms with Crippen LogP contribution in [0.25, 0.3) is 0 Å². The fourth-order valence-electron chi connectivity index (χ4n) is 1.76. The molecule has 98 valence electrons. The zero-order valence-corrected chi connectivity index (χ0v) is 12.9. The monoisotopic (exact) mass is 367 g/mol. The lowest BCUT2D eigenvalue weighted by molar-refractivity contribution is 0.102. The Morgan fingerprint density at radius 3 is 2.68 bits per heavy atom. The molecule has 0 fully saturated rings. The third-order valence-corrected chi connectivity index (χ3v) is 3.35. The molecule has 1 amide bonds. The number of amides is 1. The smallest absolute Gasteiger partial charge is 0.259 e. The van der Waals surface area contributed by atoms with Crippen molar-refractivity contribution in [1.82, 2.24) is 0 Å². The van der Waals surface area contributed by atoms with E-state index in [0.717, 1.165) is 14.8 Å². The maximum absolute atomic E-state index is 12.3. The molecule has 0 aromatic heterocycles. The predicted octanol–water partition coefficient (Wildman–Crippen LogP) is 3.86. The van der Waals surface area contributed by atoms with Crippen molar-refractivity contribution < 1.29 is 9.53 Å². The van der Waals surface area contributed by atoms with Crippen LogP contribution in [0, 0.1) is 10.5 Å². The minimum absolute atomic E-state index is 0.164. The van der Waals surface area contributed by atoms with Crippen LogP contribution in [-0.4, -0.2) is 13.0 Å².